The fourth-order valence-electron chi connectivity index (χ4n) is 1.56. The second-order valence-corrected chi connectivity index (χ2v) is 5.12. The molecule has 13 heavy (non-hydrogen) atoms. The first-order valence-electron chi connectivity index (χ1n) is 4.32. The highest BCUT2D eigenvalue weighted by Gasteiger charge is 2.17. The van der Waals surface area contributed by atoms with Crippen LogP contribution in [-0.2, 0) is 5.75 Å². The molecule has 2 rings (SSSR count). The minimum absolute atomic E-state index is 0.275. The van der Waals surface area contributed by atoms with Gasteiger partial charge in [-0.25, -0.2) is 0 Å². The third-order valence-electron chi connectivity index (χ3n) is 2.30. The molecule has 1 N–H and O–H groups in total. The summed E-state index contributed by atoms with van der Waals surface area (Å²) < 4.78 is 1.12. The molecule has 1 heterocycles. The summed E-state index contributed by atoms with van der Waals surface area (Å²) in [4.78, 5) is 0. The zero-order valence-corrected chi connectivity index (χ0v) is 9.57. The zero-order chi connectivity index (χ0) is 9.26. The second-order valence-electron chi connectivity index (χ2n) is 3.16. The van der Waals surface area contributed by atoms with Gasteiger partial charge in [0.2, 0.25) is 0 Å². The third kappa shape index (κ3) is 1.92. The fourth-order valence-corrected chi connectivity index (χ4v) is 3.33. The van der Waals surface area contributed by atoms with Crippen molar-refractivity contribution in [3.05, 3.63) is 33.8 Å². The molecule has 3 heteroatoms. The Kier molecular flexibility index (Phi) is 2.96. The highest BCUT2D eigenvalue weighted by Crippen LogP contribution is 2.34. The van der Waals surface area contributed by atoms with Crippen LogP contribution in [0, 0.1) is 0 Å². The predicted octanol–water partition coefficient (Wildman–Crippen LogP) is 3.12. The van der Waals surface area contributed by atoms with Gasteiger partial charge in [0, 0.05) is 10.2 Å². The number of rotatable bonds is 0. The van der Waals surface area contributed by atoms with Crippen molar-refractivity contribution >= 4 is 27.7 Å². The van der Waals surface area contributed by atoms with Crippen LogP contribution in [-0.4, -0.2) is 10.9 Å². The summed E-state index contributed by atoms with van der Waals surface area (Å²) in [6.45, 7) is 0. The monoisotopic (exact) mass is 258 g/mol. The molecule has 0 aromatic heterocycles. The first kappa shape index (κ1) is 9.56. The van der Waals surface area contributed by atoms with Gasteiger partial charge in [-0.3, -0.25) is 0 Å². The summed E-state index contributed by atoms with van der Waals surface area (Å²) >= 11 is 5.41. The summed E-state index contributed by atoms with van der Waals surface area (Å²) in [5.74, 6) is 2.05. The maximum absolute atomic E-state index is 9.83. The minimum Gasteiger partial charge on any atom is -0.388 e. The van der Waals surface area contributed by atoms with Gasteiger partial charge in [-0.2, -0.15) is 11.8 Å². The molecule has 1 aromatic carbocycles. The van der Waals surface area contributed by atoms with E-state index in [0.717, 1.165) is 28.0 Å². The van der Waals surface area contributed by atoms with Crippen LogP contribution in [0.25, 0.3) is 0 Å². The minimum atomic E-state index is -0.275. The van der Waals surface area contributed by atoms with Crippen molar-refractivity contribution in [1.82, 2.24) is 0 Å². The molecular formula is C10H11BrOS. The van der Waals surface area contributed by atoms with E-state index in [9.17, 15) is 5.11 Å². The summed E-state index contributed by atoms with van der Waals surface area (Å²) in [7, 11) is 0. The Balaban J connectivity index is 2.47. The summed E-state index contributed by atoms with van der Waals surface area (Å²) in [6, 6.07) is 6.05. The van der Waals surface area contributed by atoms with E-state index < -0.39 is 0 Å². The van der Waals surface area contributed by atoms with E-state index in [1.807, 2.05) is 30.0 Å². The van der Waals surface area contributed by atoms with Crippen molar-refractivity contribution < 1.29 is 5.11 Å². The first-order valence-corrected chi connectivity index (χ1v) is 6.27. The van der Waals surface area contributed by atoms with Gasteiger partial charge in [0.1, 0.15) is 0 Å². The summed E-state index contributed by atoms with van der Waals surface area (Å²) in [6.07, 6.45) is 0.594. The van der Waals surface area contributed by atoms with Crippen LogP contribution in [0.3, 0.4) is 0 Å². The van der Waals surface area contributed by atoms with Crippen molar-refractivity contribution in [2.24, 2.45) is 0 Å². The normalized spacial score (nSPS) is 22.2. The van der Waals surface area contributed by atoms with Crippen molar-refractivity contribution in [2.75, 3.05) is 5.75 Å². The van der Waals surface area contributed by atoms with E-state index in [1.165, 1.54) is 5.56 Å². The average Bonchev–Trinajstić information content (AvgIpc) is 2.30. The van der Waals surface area contributed by atoms with E-state index >= 15 is 0 Å². The number of halogens is 1. The molecule has 0 fully saturated rings. The van der Waals surface area contributed by atoms with E-state index in [1.54, 1.807) is 0 Å². The van der Waals surface area contributed by atoms with E-state index in [4.69, 9.17) is 0 Å². The Morgan fingerprint density at radius 1 is 1.46 bits per heavy atom. The maximum Gasteiger partial charge on any atom is 0.0801 e. The molecule has 1 aliphatic rings. The predicted molar refractivity (Wildman–Crippen MR) is 59.9 cm³/mol. The molecule has 0 saturated heterocycles. The number of hydrogen-bond donors (Lipinski definition) is 1. The topological polar surface area (TPSA) is 20.2 Å². The quantitative estimate of drug-likeness (QED) is 0.772. The Hall–Kier alpha value is 0.0100. The molecule has 1 aliphatic heterocycles. The van der Waals surface area contributed by atoms with Gasteiger partial charge in [-0.05, 0) is 29.4 Å². The standard InChI is InChI=1S/C10H11BrOS/c11-9-3-1-2-7-8(9)6-13-5-4-10(7)12/h1-3,10,12H,4-6H2/t10-/m1/s1. The van der Waals surface area contributed by atoms with Crippen LogP contribution in [0.2, 0.25) is 0 Å². The van der Waals surface area contributed by atoms with Gasteiger partial charge in [0.05, 0.1) is 6.10 Å². The van der Waals surface area contributed by atoms with Crippen molar-refractivity contribution in [2.45, 2.75) is 18.3 Å². The summed E-state index contributed by atoms with van der Waals surface area (Å²) in [5, 5.41) is 9.83. The summed E-state index contributed by atoms with van der Waals surface area (Å²) in [5.41, 5.74) is 2.36. The smallest absolute Gasteiger partial charge is 0.0801 e. The molecule has 0 bridgehead atoms. The van der Waals surface area contributed by atoms with Gasteiger partial charge in [-0.15, -0.1) is 0 Å². The van der Waals surface area contributed by atoms with Gasteiger partial charge in [0.25, 0.3) is 0 Å². The molecule has 1 atom stereocenters. The molecule has 70 valence electrons. The molecular weight excluding hydrogens is 248 g/mol. The van der Waals surface area contributed by atoms with Crippen LogP contribution in [0.5, 0.6) is 0 Å². The van der Waals surface area contributed by atoms with Crippen LogP contribution in [0.4, 0.5) is 0 Å². The molecule has 0 spiro atoms. The van der Waals surface area contributed by atoms with Crippen molar-refractivity contribution in [1.29, 1.82) is 0 Å². The van der Waals surface area contributed by atoms with Gasteiger partial charge in [0.15, 0.2) is 0 Å². The molecule has 0 aliphatic carbocycles. The Morgan fingerprint density at radius 2 is 2.31 bits per heavy atom. The Morgan fingerprint density at radius 3 is 3.15 bits per heavy atom. The fraction of sp³-hybridized carbons (Fsp3) is 0.400. The lowest BCUT2D eigenvalue weighted by Crippen LogP contribution is -1.99. The van der Waals surface area contributed by atoms with Crippen LogP contribution >= 0.6 is 27.7 Å². The number of thioether (sulfide) groups is 1. The lowest BCUT2D eigenvalue weighted by Gasteiger charge is -2.11. The average molecular weight is 259 g/mol. The highest BCUT2D eigenvalue weighted by molar-refractivity contribution is 9.10. The molecule has 0 saturated carbocycles. The first-order chi connectivity index (χ1) is 6.29. The van der Waals surface area contributed by atoms with E-state index in [-0.39, 0.29) is 6.10 Å². The number of fused-ring (bicyclic) bond motifs is 1. The Bertz CT molecular complexity index is 314. The Labute approximate surface area is 90.7 Å². The number of benzene rings is 1. The van der Waals surface area contributed by atoms with Gasteiger partial charge >= 0.3 is 0 Å². The van der Waals surface area contributed by atoms with Crippen molar-refractivity contribution in [3.63, 3.8) is 0 Å². The van der Waals surface area contributed by atoms with Gasteiger partial charge in [-0.1, -0.05) is 28.1 Å². The zero-order valence-electron chi connectivity index (χ0n) is 7.16. The third-order valence-corrected chi connectivity index (χ3v) is 4.06. The number of aliphatic hydroxyl groups is 1. The SMILES string of the molecule is O[C@@H]1CCSCc2c(Br)cccc21. The lowest BCUT2D eigenvalue weighted by molar-refractivity contribution is 0.175. The van der Waals surface area contributed by atoms with E-state index in [0.29, 0.717) is 0 Å². The molecule has 0 amide bonds. The van der Waals surface area contributed by atoms with Crippen molar-refractivity contribution in [3.8, 4) is 0 Å². The van der Waals surface area contributed by atoms with Gasteiger partial charge < -0.3 is 5.11 Å². The maximum atomic E-state index is 9.83. The highest BCUT2D eigenvalue weighted by atomic mass is 79.9. The molecule has 1 aromatic rings. The number of hydrogen-bond acceptors (Lipinski definition) is 2. The number of aliphatic hydroxyl groups excluding tert-OH is 1. The molecule has 1 nitrogen and oxygen atoms in total. The van der Waals surface area contributed by atoms with E-state index in [2.05, 4.69) is 15.9 Å². The second kappa shape index (κ2) is 4.03. The van der Waals surface area contributed by atoms with Crippen LogP contribution in [0.15, 0.2) is 22.7 Å². The van der Waals surface area contributed by atoms with Crippen LogP contribution in [0.1, 0.15) is 23.7 Å². The van der Waals surface area contributed by atoms with Crippen LogP contribution < -0.4 is 0 Å². The molecule has 0 radical (unpaired) electrons. The molecule has 0 unspecified atom stereocenters. The lowest BCUT2D eigenvalue weighted by atomic mass is 10.0. The largest absolute Gasteiger partial charge is 0.388 e.